The van der Waals surface area contributed by atoms with Gasteiger partial charge in [-0.25, -0.2) is 9.13 Å². The van der Waals surface area contributed by atoms with Crippen LogP contribution in [0.4, 0.5) is 0 Å². The topological polar surface area (TPSA) is 59.3 Å². The van der Waals surface area contributed by atoms with Gasteiger partial charge in [0.25, 0.3) is 0 Å². The van der Waals surface area contributed by atoms with Crippen molar-refractivity contribution in [3.05, 3.63) is 147 Å². The molecule has 54 heavy (non-hydrogen) atoms. The molecule has 6 heterocycles. The molecule has 0 N–H and O–H groups in total. The summed E-state index contributed by atoms with van der Waals surface area (Å²) in [5.41, 5.74) is 7.27. The molecule has 8 heteroatoms. The van der Waals surface area contributed by atoms with Crippen molar-refractivity contribution in [2.75, 3.05) is 10.7 Å². The van der Waals surface area contributed by atoms with Gasteiger partial charge in [0.2, 0.25) is 0 Å². The van der Waals surface area contributed by atoms with Crippen molar-refractivity contribution in [1.29, 1.82) is 0 Å². The minimum atomic E-state index is 1.09. The van der Waals surface area contributed by atoms with E-state index in [9.17, 15) is 0 Å². The van der Waals surface area contributed by atoms with Crippen molar-refractivity contribution >= 4 is 31.9 Å². The summed E-state index contributed by atoms with van der Waals surface area (Å²) >= 11 is 6.85. The van der Waals surface area contributed by atoms with E-state index >= 15 is 0 Å². The van der Waals surface area contributed by atoms with Crippen molar-refractivity contribution in [2.45, 2.75) is 90.1 Å². The van der Waals surface area contributed by atoms with E-state index in [0.29, 0.717) is 0 Å². The number of hydrogen-bond donors (Lipinski definition) is 0. The minimum absolute atomic E-state index is 1.09. The van der Waals surface area contributed by atoms with E-state index in [1.54, 1.807) is 24.8 Å². The van der Waals surface area contributed by atoms with Crippen molar-refractivity contribution in [3.8, 4) is 33.4 Å². The summed E-state index contributed by atoms with van der Waals surface area (Å²) in [7, 11) is 0. The van der Waals surface area contributed by atoms with Gasteiger partial charge in [-0.3, -0.25) is 19.9 Å². The molecule has 0 radical (unpaired) electrons. The number of nitrogens with zero attached hydrogens (tertiary/aromatic N) is 6. The second-order valence-electron chi connectivity index (χ2n) is 13.2. The number of halogens is 2. The largest absolute Gasteiger partial charge is 0.265 e. The summed E-state index contributed by atoms with van der Waals surface area (Å²) < 4.78 is 4.58. The Kier molecular flexibility index (Phi) is 21.6. The lowest BCUT2D eigenvalue weighted by Gasteiger charge is -2.02. The highest BCUT2D eigenvalue weighted by molar-refractivity contribution is 9.09. The zero-order valence-corrected chi connectivity index (χ0v) is 34.8. The first kappa shape index (κ1) is 42.6. The molecule has 0 bridgehead atoms. The van der Waals surface area contributed by atoms with Crippen LogP contribution in [0.5, 0.6) is 0 Å². The van der Waals surface area contributed by atoms with E-state index in [-0.39, 0.29) is 0 Å². The van der Waals surface area contributed by atoms with Gasteiger partial charge >= 0.3 is 0 Å². The Morgan fingerprint density at radius 3 is 0.778 bits per heavy atom. The van der Waals surface area contributed by atoms with Crippen LogP contribution < -0.4 is 9.13 Å². The lowest BCUT2D eigenvalue weighted by atomic mass is 10.1. The highest BCUT2D eigenvalue weighted by atomic mass is 79.9. The zero-order valence-electron chi connectivity index (χ0n) is 31.6. The number of unbranched alkanes of at least 4 members (excludes halogenated alkanes) is 10. The van der Waals surface area contributed by atoms with Gasteiger partial charge < -0.3 is 0 Å². The molecular formula is C46H56Br2N6+2. The smallest absolute Gasteiger partial charge is 0.169 e. The molecule has 0 saturated carbocycles. The van der Waals surface area contributed by atoms with Gasteiger partial charge in [0.05, 0.1) is 0 Å². The van der Waals surface area contributed by atoms with Crippen LogP contribution in [0.15, 0.2) is 147 Å². The van der Waals surface area contributed by atoms with Gasteiger partial charge in [-0.15, -0.1) is 0 Å². The van der Waals surface area contributed by atoms with E-state index in [1.165, 1.54) is 121 Å². The highest BCUT2D eigenvalue weighted by Gasteiger charge is 2.05. The van der Waals surface area contributed by atoms with E-state index in [4.69, 9.17) is 0 Å². The summed E-state index contributed by atoms with van der Waals surface area (Å²) in [6, 6.07) is 24.9. The SMILES string of the molecule is BrCCCCCCCCBr.c1cc(-c2cc[n+](CCCCCCCC[n+]3ccc(-c4ccncc4)cc3)cc2)ccn1.c1cc(-c2ccncc2)ccn1. The van der Waals surface area contributed by atoms with Crippen LogP contribution in [0, 0.1) is 0 Å². The van der Waals surface area contributed by atoms with Crippen LogP contribution in [0.25, 0.3) is 33.4 Å². The number of alkyl halides is 2. The highest BCUT2D eigenvalue weighted by Crippen LogP contribution is 2.18. The van der Waals surface area contributed by atoms with Crippen molar-refractivity contribution in [1.82, 2.24) is 19.9 Å². The third-order valence-corrected chi connectivity index (χ3v) is 10.2. The molecule has 282 valence electrons. The Labute approximate surface area is 340 Å². The maximum Gasteiger partial charge on any atom is 0.169 e. The average molecular weight is 853 g/mol. The van der Waals surface area contributed by atoms with E-state index in [0.717, 1.165) is 13.1 Å². The molecule has 0 aliphatic carbocycles. The Balaban J connectivity index is 0.000000240. The maximum atomic E-state index is 4.09. The molecule has 6 nitrogen and oxygen atoms in total. The quantitative estimate of drug-likeness (QED) is 0.0463. The fourth-order valence-corrected chi connectivity index (χ4v) is 6.76. The molecule has 0 fully saturated rings. The lowest BCUT2D eigenvalue weighted by molar-refractivity contribution is -0.697. The van der Waals surface area contributed by atoms with Crippen LogP contribution in [-0.2, 0) is 13.1 Å². The molecule has 0 unspecified atom stereocenters. The number of hydrogen-bond acceptors (Lipinski definition) is 4. The van der Waals surface area contributed by atoms with Crippen LogP contribution in [0.2, 0.25) is 0 Å². The van der Waals surface area contributed by atoms with Crippen LogP contribution in [0.3, 0.4) is 0 Å². The maximum absolute atomic E-state index is 4.09. The zero-order chi connectivity index (χ0) is 37.7. The number of rotatable bonds is 19. The Morgan fingerprint density at radius 1 is 0.296 bits per heavy atom. The predicted octanol–water partition coefficient (Wildman–Crippen LogP) is 11.7. The van der Waals surface area contributed by atoms with E-state index in [2.05, 4.69) is 134 Å². The standard InChI is InChI=1S/C28H32N4.C10H8N2.C8H16Br2/c1(3-5-19-31-21-11-27(12-22-31)25-7-15-29-16-8-25)2-4-6-20-32-23-13-28(14-24-32)26-9-17-30-18-10-26;1-5-11-6-2-9(1)10-3-7-12-8-4-10;9-7-5-3-1-2-4-6-8-10/h7-18,21-24H,1-6,19-20H2;1-8H;1-8H2/q+2;;. The van der Waals surface area contributed by atoms with E-state index < -0.39 is 0 Å². The molecule has 6 aromatic heterocycles. The third-order valence-electron chi connectivity index (χ3n) is 9.10. The van der Waals surface area contributed by atoms with Gasteiger partial charge in [-0.05, 0) is 108 Å². The summed E-state index contributed by atoms with van der Waals surface area (Å²) in [5, 5.41) is 2.34. The summed E-state index contributed by atoms with van der Waals surface area (Å²) in [5.74, 6) is 0. The Hall–Kier alpha value is -4.14. The number of pyridine rings is 6. The molecule has 0 aliphatic rings. The first-order valence-electron chi connectivity index (χ1n) is 19.5. The van der Waals surface area contributed by atoms with Crippen LogP contribution in [0.1, 0.15) is 77.0 Å². The predicted molar refractivity (Wildman–Crippen MR) is 230 cm³/mol. The van der Waals surface area contributed by atoms with Gasteiger partial charge in [-0.1, -0.05) is 70.4 Å². The summed E-state index contributed by atoms with van der Waals surface area (Å²) in [6.45, 7) is 2.19. The average Bonchev–Trinajstić information content (AvgIpc) is 3.25. The Morgan fingerprint density at radius 2 is 0.519 bits per heavy atom. The van der Waals surface area contributed by atoms with Crippen LogP contribution >= 0.6 is 31.9 Å². The van der Waals surface area contributed by atoms with Gasteiger partial charge in [-0.2, -0.15) is 0 Å². The molecule has 0 spiro atoms. The molecule has 0 saturated heterocycles. The van der Waals surface area contributed by atoms with Crippen LogP contribution in [-0.4, -0.2) is 30.6 Å². The molecule has 0 atom stereocenters. The third kappa shape index (κ3) is 17.3. The lowest BCUT2D eigenvalue weighted by Crippen LogP contribution is -2.32. The first-order valence-corrected chi connectivity index (χ1v) is 21.7. The molecule has 0 aliphatic heterocycles. The number of aromatic nitrogens is 6. The number of aryl methyl sites for hydroxylation is 2. The molecule has 6 rings (SSSR count). The first-order chi connectivity index (χ1) is 26.8. The monoisotopic (exact) mass is 850 g/mol. The second kappa shape index (κ2) is 27.4. The summed E-state index contributed by atoms with van der Waals surface area (Å²) in [4.78, 5) is 16.1. The fraction of sp³-hybridized carbons (Fsp3) is 0.348. The van der Waals surface area contributed by atoms with Crippen molar-refractivity contribution in [3.63, 3.8) is 0 Å². The Bertz CT molecular complexity index is 1630. The van der Waals surface area contributed by atoms with Gasteiger partial charge in [0, 0.05) is 97.3 Å². The summed E-state index contributed by atoms with van der Waals surface area (Å²) in [6.07, 6.45) is 39.3. The van der Waals surface area contributed by atoms with Gasteiger partial charge in [0.15, 0.2) is 24.8 Å². The van der Waals surface area contributed by atoms with E-state index in [1.807, 2.05) is 49.1 Å². The molecule has 0 amide bonds. The molecule has 6 aromatic rings. The molecular weight excluding hydrogens is 796 g/mol. The minimum Gasteiger partial charge on any atom is -0.265 e. The second-order valence-corrected chi connectivity index (χ2v) is 14.8. The van der Waals surface area contributed by atoms with Crippen molar-refractivity contribution < 1.29 is 9.13 Å². The fourth-order valence-electron chi connectivity index (χ4n) is 5.97. The van der Waals surface area contributed by atoms with Gasteiger partial charge in [0.1, 0.15) is 13.1 Å². The normalized spacial score (nSPS) is 10.5. The molecule has 0 aromatic carbocycles. The van der Waals surface area contributed by atoms with Crippen molar-refractivity contribution in [2.24, 2.45) is 0 Å².